The standard InChI is InChI=1S/C17H23NO2S/c1-13-3-5-17(6-4-13)20-11-16(19)10-18-14(2)9-15-7-8-21-12-15/h3-8,12,14,16,18-19H,9-11H2,1-2H3. The molecule has 2 N–H and O–H groups in total. The second-order valence-electron chi connectivity index (χ2n) is 5.42. The Morgan fingerprint density at radius 3 is 2.67 bits per heavy atom. The minimum absolute atomic E-state index is 0.307. The fraction of sp³-hybridized carbons (Fsp3) is 0.412. The van der Waals surface area contributed by atoms with Crippen molar-refractivity contribution in [2.24, 2.45) is 0 Å². The van der Waals surface area contributed by atoms with E-state index in [2.05, 4.69) is 29.1 Å². The maximum absolute atomic E-state index is 9.95. The third kappa shape index (κ3) is 5.87. The summed E-state index contributed by atoms with van der Waals surface area (Å²) in [5, 5.41) is 17.5. The van der Waals surface area contributed by atoms with Crippen LogP contribution < -0.4 is 10.1 Å². The van der Waals surface area contributed by atoms with Crippen molar-refractivity contribution in [3.63, 3.8) is 0 Å². The van der Waals surface area contributed by atoms with Gasteiger partial charge >= 0.3 is 0 Å². The van der Waals surface area contributed by atoms with Crippen molar-refractivity contribution in [1.29, 1.82) is 0 Å². The van der Waals surface area contributed by atoms with Crippen molar-refractivity contribution >= 4 is 11.3 Å². The van der Waals surface area contributed by atoms with Gasteiger partial charge in [0.05, 0.1) is 0 Å². The van der Waals surface area contributed by atoms with Gasteiger partial charge in [-0.05, 0) is 54.8 Å². The molecule has 1 aromatic heterocycles. The molecule has 0 fully saturated rings. The molecule has 0 saturated carbocycles. The highest BCUT2D eigenvalue weighted by Gasteiger charge is 2.09. The largest absolute Gasteiger partial charge is 0.491 e. The van der Waals surface area contributed by atoms with E-state index in [1.165, 1.54) is 11.1 Å². The minimum atomic E-state index is -0.503. The first kappa shape index (κ1) is 16.0. The lowest BCUT2D eigenvalue weighted by molar-refractivity contribution is 0.104. The number of benzene rings is 1. The lowest BCUT2D eigenvalue weighted by Gasteiger charge is -2.17. The number of hydrogen-bond acceptors (Lipinski definition) is 4. The summed E-state index contributed by atoms with van der Waals surface area (Å²) in [5.74, 6) is 0.797. The molecule has 0 bridgehead atoms. The van der Waals surface area contributed by atoms with Gasteiger partial charge in [0.25, 0.3) is 0 Å². The van der Waals surface area contributed by atoms with E-state index in [9.17, 15) is 5.11 Å². The van der Waals surface area contributed by atoms with Gasteiger partial charge in [-0.25, -0.2) is 0 Å². The number of nitrogens with one attached hydrogen (secondary N) is 1. The molecule has 2 atom stereocenters. The van der Waals surface area contributed by atoms with Crippen molar-refractivity contribution in [2.45, 2.75) is 32.4 Å². The third-order valence-electron chi connectivity index (χ3n) is 3.29. The highest BCUT2D eigenvalue weighted by Crippen LogP contribution is 2.11. The van der Waals surface area contributed by atoms with Crippen LogP contribution in [0.1, 0.15) is 18.1 Å². The molecular formula is C17H23NO2S. The van der Waals surface area contributed by atoms with Crippen molar-refractivity contribution in [3.8, 4) is 5.75 Å². The Kier molecular flexibility index (Phi) is 6.23. The second-order valence-corrected chi connectivity index (χ2v) is 6.20. The van der Waals surface area contributed by atoms with E-state index in [4.69, 9.17) is 4.74 Å². The fourth-order valence-electron chi connectivity index (χ4n) is 2.06. The Morgan fingerprint density at radius 2 is 2.00 bits per heavy atom. The van der Waals surface area contributed by atoms with Crippen LogP contribution >= 0.6 is 11.3 Å². The lowest BCUT2D eigenvalue weighted by Crippen LogP contribution is -2.37. The van der Waals surface area contributed by atoms with Crippen LogP contribution in [0.15, 0.2) is 41.1 Å². The van der Waals surface area contributed by atoms with E-state index in [0.29, 0.717) is 19.2 Å². The number of hydrogen-bond donors (Lipinski definition) is 2. The van der Waals surface area contributed by atoms with Gasteiger partial charge in [0, 0.05) is 12.6 Å². The number of aliphatic hydroxyl groups excluding tert-OH is 1. The molecule has 0 aliphatic heterocycles. The average Bonchev–Trinajstić information content (AvgIpc) is 2.97. The Hall–Kier alpha value is -1.36. The van der Waals surface area contributed by atoms with E-state index in [-0.39, 0.29) is 0 Å². The normalized spacial score (nSPS) is 13.9. The summed E-state index contributed by atoms with van der Waals surface area (Å²) in [5.41, 5.74) is 2.54. The van der Waals surface area contributed by atoms with E-state index >= 15 is 0 Å². The van der Waals surface area contributed by atoms with E-state index < -0.39 is 6.10 Å². The number of thiophene rings is 1. The first-order valence-corrected chi connectivity index (χ1v) is 8.20. The quantitative estimate of drug-likeness (QED) is 0.788. The molecule has 21 heavy (non-hydrogen) atoms. The highest BCUT2D eigenvalue weighted by molar-refractivity contribution is 7.07. The van der Waals surface area contributed by atoms with Gasteiger partial charge in [0.15, 0.2) is 0 Å². The van der Waals surface area contributed by atoms with Gasteiger partial charge in [-0.3, -0.25) is 0 Å². The molecule has 114 valence electrons. The summed E-state index contributed by atoms with van der Waals surface area (Å²) < 4.78 is 5.57. The van der Waals surface area contributed by atoms with Crippen LogP contribution in [0.5, 0.6) is 5.75 Å². The summed E-state index contributed by atoms with van der Waals surface area (Å²) in [6, 6.07) is 10.3. The van der Waals surface area contributed by atoms with Crippen molar-refractivity contribution in [3.05, 3.63) is 52.2 Å². The number of rotatable bonds is 8. The number of aliphatic hydroxyl groups is 1. The summed E-state index contributed by atoms with van der Waals surface area (Å²) in [6.07, 6.45) is 0.478. The Bertz CT molecular complexity index is 510. The Balaban J connectivity index is 1.65. The molecule has 0 aliphatic carbocycles. The molecule has 2 rings (SSSR count). The molecule has 0 amide bonds. The van der Waals surface area contributed by atoms with Gasteiger partial charge in [-0.2, -0.15) is 11.3 Å². The molecule has 0 aliphatic rings. The zero-order chi connectivity index (χ0) is 15.1. The smallest absolute Gasteiger partial charge is 0.119 e. The Labute approximate surface area is 130 Å². The fourth-order valence-corrected chi connectivity index (χ4v) is 2.74. The maximum Gasteiger partial charge on any atom is 0.119 e. The molecule has 1 aromatic carbocycles. The SMILES string of the molecule is Cc1ccc(OCC(O)CNC(C)Cc2ccsc2)cc1. The lowest BCUT2D eigenvalue weighted by atomic mass is 10.1. The summed E-state index contributed by atoms with van der Waals surface area (Å²) in [6.45, 7) is 5.01. The molecule has 0 saturated heterocycles. The first-order chi connectivity index (χ1) is 10.1. The average molecular weight is 305 g/mol. The van der Waals surface area contributed by atoms with Gasteiger partial charge in [0.2, 0.25) is 0 Å². The number of aryl methyl sites for hydroxylation is 1. The molecule has 4 heteroatoms. The first-order valence-electron chi connectivity index (χ1n) is 7.25. The van der Waals surface area contributed by atoms with Crippen LogP contribution in [0, 0.1) is 6.92 Å². The molecular weight excluding hydrogens is 282 g/mol. The van der Waals surface area contributed by atoms with Gasteiger partial charge in [0.1, 0.15) is 18.5 Å². The van der Waals surface area contributed by atoms with Crippen molar-refractivity contribution in [2.75, 3.05) is 13.2 Å². The predicted molar refractivity (Wildman–Crippen MR) is 88.2 cm³/mol. The summed E-state index contributed by atoms with van der Waals surface area (Å²) >= 11 is 1.72. The van der Waals surface area contributed by atoms with Crippen molar-refractivity contribution < 1.29 is 9.84 Å². The molecule has 0 radical (unpaired) electrons. The van der Waals surface area contributed by atoms with Crippen LogP contribution in [0.3, 0.4) is 0 Å². The number of ether oxygens (including phenoxy) is 1. The van der Waals surface area contributed by atoms with Crippen LogP contribution in [0.2, 0.25) is 0 Å². The van der Waals surface area contributed by atoms with Crippen LogP contribution in [-0.4, -0.2) is 30.4 Å². The summed E-state index contributed by atoms with van der Waals surface area (Å²) in [7, 11) is 0. The zero-order valence-corrected chi connectivity index (χ0v) is 13.4. The van der Waals surface area contributed by atoms with Crippen LogP contribution in [0.4, 0.5) is 0 Å². The minimum Gasteiger partial charge on any atom is -0.491 e. The highest BCUT2D eigenvalue weighted by atomic mass is 32.1. The van der Waals surface area contributed by atoms with Crippen molar-refractivity contribution in [1.82, 2.24) is 5.32 Å². The summed E-state index contributed by atoms with van der Waals surface area (Å²) in [4.78, 5) is 0. The van der Waals surface area contributed by atoms with E-state index in [1.54, 1.807) is 11.3 Å². The maximum atomic E-state index is 9.95. The van der Waals surface area contributed by atoms with E-state index in [1.807, 2.05) is 31.2 Å². The van der Waals surface area contributed by atoms with Crippen LogP contribution in [-0.2, 0) is 6.42 Å². The monoisotopic (exact) mass is 305 g/mol. The molecule has 1 heterocycles. The van der Waals surface area contributed by atoms with Gasteiger partial charge < -0.3 is 15.2 Å². The molecule has 3 nitrogen and oxygen atoms in total. The second kappa shape index (κ2) is 8.17. The molecule has 0 spiro atoms. The van der Waals surface area contributed by atoms with Gasteiger partial charge in [-0.1, -0.05) is 17.7 Å². The van der Waals surface area contributed by atoms with E-state index in [0.717, 1.165) is 12.2 Å². The topological polar surface area (TPSA) is 41.5 Å². The van der Waals surface area contributed by atoms with Gasteiger partial charge in [-0.15, -0.1) is 0 Å². The third-order valence-corrected chi connectivity index (χ3v) is 4.02. The molecule has 2 unspecified atom stereocenters. The zero-order valence-electron chi connectivity index (χ0n) is 12.6. The predicted octanol–water partition coefficient (Wildman–Crippen LogP) is 3.02. The van der Waals surface area contributed by atoms with Crippen LogP contribution in [0.25, 0.3) is 0 Å². The Morgan fingerprint density at radius 1 is 1.24 bits per heavy atom. The molecule has 2 aromatic rings.